The van der Waals surface area contributed by atoms with Gasteiger partial charge in [-0.1, -0.05) is 32.5 Å². The Morgan fingerprint density at radius 2 is 2.27 bits per heavy atom. The summed E-state index contributed by atoms with van der Waals surface area (Å²) in [5, 5.41) is 0.604. The molecule has 0 saturated carbocycles. The van der Waals surface area contributed by atoms with Crippen LogP contribution in [0.2, 0.25) is 0 Å². The van der Waals surface area contributed by atoms with Crippen molar-refractivity contribution in [2.24, 2.45) is 0 Å². The molecule has 2 nitrogen and oxygen atoms in total. The predicted octanol–water partition coefficient (Wildman–Crippen LogP) is 2.60. The van der Waals surface area contributed by atoms with Gasteiger partial charge in [-0.05, 0) is 11.5 Å². The zero-order chi connectivity index (χ0) is 8.27. The van der Waals surface area contributed by atoms with Crippen LogP contribution < -0.4 is 0 Å². The standard InChI is InChI=1S/C7H12N2S2/c1-4-6-8-7(11-9-6)10-5(2)3/h5H,4H2,1-3H3. The normalized spacial score (nSPS) is 10.9. The Balaban J connectivity index is 2.58. The van der Waals surface area contributed by atoms with Gasteiger partial charge in [0.2, 0.25) is 0 Å². The summed E-state index contributed by atoms with van der Waals surface area (Å²) in [6, 6.07) is 0. The summed E-state index contributed by atoms with van der Waals surface area (Å²) in [4.78, 5) is 4.34. The zero-order valence-corrected chi connectivity index (χ0v) is 8.63. The lowest BCUT2D eigenvalue weighted by Gasteiger charge is -1.96. The molecule has 0 atom stereocenters. The van der Waals surface area contributed by atoms with Gasteiger partial charge in [-0.2, -0.15) is 4.37 Å². The van der Waals surface area contributed by atoms with Gasteiger partial charge < -0.3 is 0 Å². The van der Waals surface area contributed by atoms with E-state index in [4.69, 9.17) is 0 Å². The van der Waals surface area contributed by atoms with Crippen molar-refractivity contribution < 1.29 is 0 Å². The van der Waals surface area contributed by atoms with Crippen LogP contribution in [0.15, 0.2) is 4.34 Å². The number of nitrogens with zero attached hydrogens (tertiary/aromatic N) is 2. The Hall–Kier alpha value is -0.0900. The van der Waals surface area contributed by atoms with Crippen LogP contribution in [-0.4, -0.2) is 14.6 Å². The molecule has 0 aliphatic rings. The minimum absolute atomic E-state index is 0.604. The van der Waals surface area contributed by atoms with Gasteiger partial charge in [0.05, 0.1) is 0 Å². The van der Waals surface area contributed by atoms with E-state index in [0.717, 1.165) is 16.6 Å². The summed E-state index contributed by atoms with van der Waals surface area (Å²) in [5.41, 5.74) is 0. The average Bonchev–Trinajstić information content (AvgIpc) is 2.34. The van der Waals surface area contributed by atoms with E-state index >= 15 is 0 Å². The van der Waals surface area contributed by atoms with E-state index < -0.39 is 0 Å². The summed E-state index contributed by atoms with van der Waals surface area (Å²) < 4.78 is 5.29. The molecule has 0 aromatic carbocycles. The van der Waals surface area contributed by atoms with Crippen LogP contribution in [0.3, 0.4) is 0 Å². The summed E-state index contributed by atoms with van der Waals surface area (Å²) in [5.74, 6) is 0.971. The Bertz CT molecular complexity index is 220. The average molecular weight is 188 g/mol. The maximum atomic E-state index is 4.34. The van der Waals surface area contributed by atoms with Crippen molar-refractivity contribution in [2.75, 3.05) is 0 Å². The predicted molar refractivity (Wildman–Crippen MR) is 50.3 cm³/mol. The molecule has 0 saturated heterocycles. The number of rotatable bonds is 3. The molecule has 0 amide bonds. The summed E-state index contributed by atoms with van der Waals surface area (Å²) in [7, 11) is 0. The molecular weight excluding hydrogens is 176 g/mol. The lowest BCUT2D eigenvalue weighted by atomic mass is 10.5. The molecule has 0 bridgehead atoms. The largest absolute Gasteiger partial charge is 0.213 e. The van der Waals surface area contributed by atoms with Crippen LogP contribution >= 0.6 is 23.3 Å². The van der Waals surface area contributed by atoms with E-state index in [0.29, 0.717) is 5.25 Å². The maximum absolute atomic E-state index is 4.34. The molecule has 1 aromatic heterocycles. The van der Waals surface area contributed by atoms with Crippen LogP contribution in [-0.2, 0) is 6.42 Å². The fraction of sp³-hybridized carbons (Fsp3) is 0.714. The number of aromatic nitrogens is 2. The SMILES string of the molecule is CCc1nsc(SC(C)C)n1. The summed E-state index contributed by atoms with van der Waals surface area (Å²) >= 11 is 3.28. The van der Waals surface area contributed by atoms with Crippen LogP contribution in [0.25, 0.3) is 0 Å². The third-order valence-electron chi connectivity index (χ3n) is 1.10. The lowest BCUT2D eigenvalue weighted by molar-refractivity contribution is 0.968. The molecule has 1 aromatic rings. The van der Waals surface area contributed by atoms with Crippen molar-refractivity contribution in [3.8, 4) is 0 Å². The first-order chi connectivity index (χ1) is 5.22. The minimum atomic E-state index is 0.604. The molecule has 62 valence electrons. The molecule has 1 heterocycles. The van der Waals surface area contributed by atoms with Crippen molar-refractivity contribution in [1.82, 2.24) is 9.36 Å². The second-order valence-electron chi connectivity index (χ2n) is 2.50. The van der Waals surface area contributed by atoms with Crippen molar-refractivity contribution >= 4 is 23.3 Å². The smallest absolute Gasteiger partial charge is 0.170 e. The van der Waals surface area contributed by atoms with Gasteiger partial charge in [-0.3, -0.25) is 0 Å². The third kappa shape index (κ3) is 2.79. The first-order valence-electron chi connectivity index (χ1n) is 3.71. The molecule has 0 N–H and O–H groups in total. The molecule has 1 rings (SSSR count). The van der Waals surface area contributed by atoms with Crippen molar-refractivity contribution in [3.05, 3.63) is 5.82 Å². The monoisotopic (exact) mass is 188 g/mol. The third-order valence-corrected chi connectivity index (χ3v) is 2.93. The zero-order valence-electron chi connectivity index (χ0n) is 7.00. The highest BCUT2D eigenvalue weighted by Gasteiger charge is 2.04. The van der Waals surface area contributed by atoms with Crippen LogP contribution in [0.1, 0.15) is 26.6 Å². The van der Waals surface area contributed by atoms with E-state index in [1.165, 1.54) is 11.5 Å². The Morgan fingerprint density at radius 1 is 1.55 bits per heavy atom. The molecule has 0 unspecified atom stereocenters. The van der Waals surface area contributed by atoms with Crippen LogP contribution in [0.5, 0.6) is 0 Å². The first-order valence-corrected chi connectivity index (χ1v) is 5.37. The maximum Gasteiger partial charge on any atom is 0.170 e. The van der Waals surface area contributed by atoms with Gasteiger partial charge in [0.25, 0.3) is 0 Å². The van der Waals surface area contributed by atoms with Gasteiger partial charge in [0.15, 0.2) is 4.34 Å². The second kappa shape index (κ2) is 4.07. The Labute approximate surface area is 75.6 Å². The van der Waals surface area contributed by atoms with Gasteiger partial charge in [0.1, 0.15) is 5.82 Å². The highest BCUT2D eigenvalue weighted by Crippen LogP contribution is 2.24. The van der Waals surface area contributed by atoms with Gasteiger partial charge in [-0.25, -0.2) is 4.98 Å². The Kier molecular flexibility index (Phi) is 3.33. The van der Waals surface area contributed by atoms with Gasteiger partial charge in [-0.15, -0.1) is 0 Å². The molecule has 4 heteroatoms. The van der Waals surface area contributed by atoms with Crippen molar-refractivity contribution in [2.45, 2.75) is 36.8 Å². The van der Waals surface area contributed by atoms with Crippen molar-refractivity contribution in [3.63, 3.8) is 0 Å². The highest BCUT2D eigenvalue weighted by atomic mass is 32.2. The fourth-order valence-electron chi connectivity index (χ4n) is 0.631. The number of thioether (sulfide) groups is 1. The van der Waals surface area contributed by atoms with Crippen LogP contribution in [0.4, 0.5) is 0 Å². The quantitative estimate of drug-likeness (QED) is 0.682. The van der Waals surface area contributed by atoms with Gasteiger partial charge in [0, 0.05) is 11.7 Å². The fourth-order valence-corrected chi connectivity index (χ4v) is 2.55. The van der Waals surface area contributed by atoms with Gasteiger partial charge >= 0.3 is 0 Å². The Morgan fingerprint density at radius 3 is 2.73 bits per heavy atom. The second-order valence-corrected chi connectivity index (χ2v) is 5.07. The first kappa shape index (κ1) is 9.00. The molecule has 0 fully saturated rings. The number of aryl methyl sites for hydroxylation is 1. The van der Waals surface area contributed by atoms with E-state index in [2.05, 4.69) is 30.1 Å². The highest BCUT2D eigenvalue weighted by molar-refractivity contribution is 8.01. The molecule has 0 aliphatic carbocycles. The minimum Gasteiger partial charge on any atom is -0.213 e. The van der Waals surface area contributed by atoms with Crippen LogP contribution in [0, 0.1) is 0 Å². The molecule has 0 radical (unpaired) electrons. The van der Waals surface area contributed by atoms with E-state index in [9.17, 15) is 0 Å². The summed E-state index contributed by atoms with van der Waals surface area (Å²) in [6.07, 6.45) is 0.940. The lowest BCUT2D eigenvalue weighted by Crippen LogP contribution is -1.86. The molecule has 0 aliphatic heterocycles. The van der Waals surface area contributed by atoms with E-state index in [1.54, 1.807) is 11.8 Å². The molecule has 0 spiro atoms. The topological polar surface area (TPSA) is 25.8 Å². The van der Waals surface area contributed by atoms with E-state index in [1.807, 2.05) is 0 Å². The van der Waals surface area contributed by atoms with E-state index in [-0.39, 0.29) is 0 Å². The number of hydrogen-bond acceptors (Lipinski definition) is 4. The summed E-state index contributed by atoms with van der Waals surface area (Å²) in [6.45, 7) is 6.40. The number of hydrogen-bond donors (Lipinski definition) is 0. The molecular formula is C7H12N2S2. The van der Waals surface area contributed by atoms with Crippen molar-refractivity contribution in [1.29, 1.82) is 0 Å². The molecule has 11 heavy (non-hydrogen) atoms.